The predicted molar refractivity (Wildman–Crippen MR) is 106 cm³/mol. The number of amides is 2. The lowest BCUT2D eigenvalue weighted by molar-refractivity contribution is -0.123. The van der Waals surface area contributed by atoms with Gasteiger partial charge in [-0.25, -0.2) is 4.90 Å². The molecular weight excluding hydrogens is 350 g/mol. The number of ketones is 1. The number of hydrogen-bond acceptors (Lipinski definition) is 3. The van der Waals surface area contributed by atoms with E-state index in [1.165, 1.54) is 11.0 Å². The zero-order valence-corrected chi connectivity index (χ0v) is 15.2. The molecule has 1 aliphatic heterocycles. The molecule has 3 aliphatic rings. The second-order valence-electron chi connectivity index (χ2n) is 7.67. The Hall–Kier alpha value is -3.27. The molecule has 0 aromatic heterocycles. The van der Waals surface area contributed by atoms with E-state index in [1.54, 1.807) is 30.3 Å². The standard InChI is InChI=1S/C24H19NO3/c26-20(12-9-15-5-2-1-3-6-15)16-7-4-8-19(14-16)25-23(27)21-17-10-11-18(13-17)22(21)24(25)28/h1-12,14,17-18,21-22H,13H2/b12-9-/t17-,18-,21-,22+/m0/s1. The van der Waals surface area contributed by atoms with Crippen molar-refractivity contribution in [2.75, 3.05) is 4.90 Å². The minimum atomic E-state index is -0.236. The van der Waals surface area contributed by atoms with Gasteiger partial charge in [-0.2, -0.15) is 0 Å². The summed E-state index contributed by atoms with van der Waals surface area (Å²) in [6.45, 7) is 0. The summed E-state index contributed by atoms with van der Waals surface area (Å²) >= 11 is 0. The molecule has 1 saturated carbocycles. The number of fused-ring (bicyclic) bond motifs is 5. The van der Waals surface area contributed by atoms with Gasteiger partial charge in [0.2, 0.25) is 11.8 Å². The highest BCUT2D eigenvalue weighted by Gasteiger charge is 2.59. The number of hydrogen-bond donors (Lipinski definition) is 0. The summed E-state index contributed by atoms with van der Waals surface area (Å²) in [5.74, 6) is -0.538. The Morgan fingerprint density at radius 2 is 1.57 bits per heavy atom. The van der Waals surface area contributed by atoms with Crippen molar-refractivity contribution in [1.82, 2.24) is 0 Å². The molecule has 4 atom stereocenters. The molecule has 0 spiro atoms. The van der Waals surface area contributed by atoms with E-state index >= 15 is 0 Å². The minimum absolute atomic E-state index is 0.128. The molecule has 0 unspecified atom stereocenters. The number of imide groups is 1. The zero-order valence-electron chi connectivity index (χ0n) is 15.2. The lowest BCUT2D eigenvalue weighted by Crippen LogP contribution is -2.32. The third-order valence-electron chi connectivity index (χ3n) is 6.09. The molecule has 2 aromatic carbocycles. The minimum Gasteiger partial charge on any atom is -0.289 e. The summed E-state index contributed by atoms with van der Waals surface area (Å²) in [5, 5.41) is 0. The van der Waals surface area contributed by atoms with E-state index < -0.39 is 0 Å². The lowest BCUT2D eigenvalue weighted by Gasteiger charge is -2.17. The first-order valence-corrected chi connectivity index (χ1v) is 9.57. The lowest BCUT2D eigenvalue weighted by atomic mass is 9.85. The van der Waals surface area contributed by atoms with Gasteiger partial charge < -0.3 is 0 Å². The van der Waals surface area contributed by atoms with Crippen molar-refractivity contribution in [3.63, 3.8) is 0 Å². The maximum Gasteiger partial charge on any atom is 0.238 e. The number of rotatable bonds is 4. The summed E-state index contributed by atoms with van der Waals surface area (Å²) in [6, 6.07) is 16.4. The molecule has 0 radical (unpaired) electrons. The highest BCUT2D eigenvalue weighted by Crippen LogP contribution is 2.53. The molecule has 1 saturated heterocycles. The average Bonchev–Trinajstić information content (AvgIpc) is 3.41. The quantitative estimate of drug-likeness (QED) is 0.356. The van der Waals surface area contributed by atoms with Gasteiger partial charge in [-0.15, -0.1) is 0 Å². The van der Waals surface area contributed by atoms with E-state index in [1.807, 2.05) is 30.3 Å². The fourth-order valence-electron chi connectivity index (χ4n) is 4.79. The van der Waals surface area contributed by atoms with Crippen molar-refractivity contribution in [3.8, 4) is 0 Å². The predicted octanol–water partition coefficient (Wildman–Crippen LogP) is 3.89. The van der Waals surface area contributed by atoms with E-state index in [-0.39, 0.29) is 41.3 Å². The van der Waals surface area contributed by atoms with Gasteiger partial charge in [0.1, 0.15) is 0 Å². The van der Waals surface area contributed by atoms with E-state index in [0.717, 1.165) is 12.0 Å². The molecule has 28 heavy (non-hydrogen) atoms. The highest BCUT2D eigenvalue weighted by atomic mass is 16.2. The van der Waals surface area contributed by atoms with Gasteiger partial charge in [0, 0.05) is 5.56 Å². The first-order chi connectivity index (χ1) is 13.6. The average molecular weight is 369 g/mol. The zero-order chi connectivity index (χ0) is 19.3. The first kappa shape index (κ1) is 16.9. The van der Waals surface area contributed by atoms with E-state index in [0.29, 0.717) is 11.3 Å². The van der Waals surface area contributed by atoms with Crippen LogP contribution in [0.3, 0.4) is 0 Å². The normalized spacial score (nSPS) is 27.8. The Labute approximate surface area is 163 Å². The van der Waals surface area contributed by atoms with Crippen LogP contribution >= 0.6 is 0 Å². The third kappa shape index (κ3) is 2.56. The van der Waals surface area contributed by atoms with E-state index in [2.05, 4.69) is 12.2 Å². The van der Waals surface area contributed by atoms with Crippen molar-refractivity contribution in [2.24, 2.45) is 23.7 Å². The van der Waals surface area contributed by atoms with Gasteiger partial charge in [0.05, 0.1) is 17.5 Å². The van der Waals surface area contributed by atoms with Crippen LogP contribution in [0.15, 0.2) is 72.8 Å². The number of carbonyl (C=O) groups excluding carboxylic acids is 3. The van der Waals surface area contributed by atoms with Gasteiger partial charge in [0.25, 0.3) is 0 Å². The second kappa shape index (κ2) is 6.41. The van der Waals surface area contributed by atoms with Crippen molar-refractivity contribution in [2.45, 2.75) is 6.42 Å². The molecule has 4 nitrogen and oxygen atoms in total. The molecular formula is C24H19NO3. The molecule has 138 valence electrons. The van der Waals surface area contributed by atoms with Gasteiger partial charge in [-0.05, 0) is 42.0 Å². The fraction of sp³-hybridized carbons (Fsp3) is 0.208. The van der Waals surface area contributed by atoms with Gasteiger partial charge in [-0.3, -0.25) is 14.4 Å². The third-order valence-corrected chi connectivity index (χ3v) is 6.09. The Balaban J connectivity index is 1.41. The summed E-state index contributed by atoms with van der Waals surface area (Å²) in [7, 11) is 0. The monoisotopic (exact) mass is 369 g/mol. The molecule has 5 rings (SSSR count). The smallest absolute Gasteiger partial charge is 0.238 e. The molecule has 1 heterocycles. The number of allylic oxidation sites excluding steroid dienone is 3. The van der Waals surface area contributed by atoms with Crippen molar-refractivity contribution in [1.29, 1.82) is 0 Å². The Kier molecular flexibility index (Phi) is 3.86. The molecule has 0 N–H and O–H groups in total. The van der Waals surface area contributed by atoms with Gasteiger partial charge in [0.15, 0.2) is 5.78 Å². The SMILES string of the molecule is O=C(/C=C\c1ccccc1)c1cccc(N2C(=O)[C@@H]3[C@H](C2=O)[C@H]2C=C[C@H]3C2)c1. The van der Waals surface area contributed by atoms with Crippen molar-refractivity contribution < 1.29 is 14.4 Å². The topological polar surface area (TPSA) is 54.5 Å². The Morgan fingerprint density at radius 3 is 2.25 bits per heavy atom. The summed E-state index contributed by atoms with van der Waals surface area (Å²) < 4.78 is 0. The van der Waals surface area contributed by atoms with Crippen molar-refractivity contribution >= 4 is 29.4 Å². The van der Waals surface area contributed by atoms with Crippen LogP contribution in [0.1, 0.15) is 22.3 Å². The van der Waals surface area contributed by atoms with E-state index in [4.69, 9.17) is 0 Å². The van der Waals surface area contributed by atoms with Gasteiger partial charge in [-0.1, -0.05) is 60.7 Å². The van der Waals surface area contributed by atoms with Crippen molar-refractivity contribution in [3.05, 3.63) is 84.0 Å². The number of carbonyl (C=O) groups is 3. The van der Waals surface area contributed by atoms with Crippen LogP contribution in [0.2, 0.25) is 0 Å². The summed E-state index contributed by atoms with van der Waals surface area (Å²) in [6.07, 6.45) is 8.34. The van der Waals surface area contributed by atoms with Crippen LogP contribution in [-0.2, 0) is 9.59 Å². The van der Waals surface area contributed by atoms with E-state index in [9.17, 15) is 14.4 Å². The van der Waals surface area contributed by atoms with Crippen LogP contribution in [0.25, 0.3) is 6.08 Å². The summed E-state index contributed by atoms with van der Waals surface area (Å²) in [4.78, 5) is 39.8. The molecule has 4 heteroatoms. The van der Waals surface area contributed by atoms with Crippen LogP contribution in [0.5, 0.6) is 0 Å². The maximum atomic E-state index is 13.0. The first-order valence-electron chi connectivity index (χ1n) is 9.57. The van der Waals surface area contributed by atoms with Crippen LogP contribution in [-0.4, -0.2) is 17.6 Å². The number of nitrogens with zero attached hydrogens (tertiary/aromatic N) is 1. The fourth-order valence-corrected chi connectivity index (χ4v) is 4.79. The molecule has 2 bridgehead atoms. The molecule has 2 fully saturated rings. The van der Waals surface area contributed by atoms with Crippen LogP contribution in [0.4, 0.5) is 5.69 Å². The number of anilines is 1. The molecule has 2 amide bonds. The summed E-state index contributed by atoms with van der Waals surface area (Å²) in [5.41, 5.74) is 1.89. The number of benzene rings is 2. The van der Waals surface area contributed by atoms with Crippen LogP contribution < -0.4 is 4.90 Å². The molecule has 2 aliphatic carbocycles. The molecule has 2 aromatic rings. The second-order valence-corrected chi connectivity index (χ2v) is 7.67. The highest BCUT2D eigenvalue weighted by molar-refractivity contribution is 6.23. The van der Waals surface area contributed by atoms with Crippen LogP contribution in [0, 0.1) is 23.7 Å². The largest absolute Gasteiger partial charge is 0.289 e. The van der Waals surface area contributed by atoms with Gasteiger partial charge >= 0.3 is 0 Å². The Bertz CT molecular complexity index is 1010. The maximum absolute atomic E-state index is 13.0. The Morgan fingerprint density at radius 1 is 0.893 bits per heavy atom.